The summed E-state index contributed by atoms with van der Waals surface area (Å²) < 4.78 is 16.1. The van der Waals surface area contributed by atoms with Crippen molar-refractivity contribution in [3.63, 3.8) is 0 Å². The minimum atomic E-state index is -0.0522. The standard InChI is InChI=1S/C20H20N4O4/c25-19(4-2-14-1-3-17-18(9-14)28-13-27-17)24-11-15-10-21-20(22-16(15)12-24)23-5-7-26-8-6-23/h1-4,9-10H,5-8,11-13H2/b4-2+. The van der Waals surface area contributed by atoms with Gasteiger partial charge in [0.1, 0.15) is 0 Å². The molecule has 0 saturated carbocycles. The van der Waals surface area contributed by atoms with E-state index >= 15 is 0 Å². The van der Waals surface area contributed by atoms with Crippen molar-refractivity contribution in [2.45, 2.75) is 13.1 Å². The van der Waals surface area contributed by atoms with Gasteiger partial charge in [-0.15, -0.1) is 0 Å². The Morgan fingerprint density at radius 1 is 1.11 bits per heavy atom. The van der Waals surface area contributed by atoms with Crippen LogP contribution >= 0.6 is 0 Å². The van der Waals surface area contributed by atoms with Gasteiger partial charge in [0, 0.05) is 37.5 Å². The van der Waals surface area contributed by atoms with Gasteiger partial charge in [-0.2, -0.15) is 0 Å². The number of aromatic nitrogens is 2. The molecule has 5 rings (SSSR count). The molecule has 3 aliphatic heterocycles. The molecule has 1 fully saturated rings. The number of carbonyl (C=O) groups excluding carboxylic acids is 1. The molecule has 1 amide bonds. The van der Waals surface area contributed by atoms with E-state index in [0.29, 0.717) is 38.0 Å². The highest BCUT2D eigenvalue weighted by Gasteiger charge is 2.25. The van der Waals surface area contributed by atoms with Gasteiger partial charge in [0.25, 0.3) is 0 Å². The van der Waals surface area contributed by atoms with Crippen molar-refractivity contribution in [3.8, 4) is 11.5 Å². The van der Waals surface area contributed by atoms with E-state index in [1.165, 1.54) is 0 Å². The zero-order chi connectivity index (χ0) is 18.9. The number of fused-ring (bicyclic) bond motifs is 2. The van der Waals surface area contributed by atoms with E-state index in [1.807, 2.05) is 24.4 Å². The number of nitrogens with zero attached hydrogens (tertiary/aromatic N) is 4. The van der Waals surface area contributed by atoms with Gasteiger partial charge in [-0.1, -0.05) is 6.07 Å². The summed E-state index contributed by atoms with van der Waals surface area (Å²) in [6.07, 6.45) is 5.21. The second kappa shape index (κ2) is 7.12. The van der Waals surface area contributed by atoms with Crippen molar-refractivity contribution < 1.29 is 19.0 Å². The molecule has 4 heterocycles. The summed E-state index contributed by atoms with van der Waals surface area (Å²) in [5.41, 5.74) is 2.81. The number of anilines is 1. The lowest BCUT2D eigenvalue weighted by Crippen LogP contribution is -2.37. The first-order valence-electron chi connectivity index (χ1n) is 9.30. The molecule has 0 unspecified atom stereocenters. The number of amides is 1. The smallest absolute Gasteiger partial charge is 0.247 e. The van der Waals surface area contributed by atoms with Gasteiger partial charge in [-0.05, 0) is 23.8 Å². The molecule has 0 N–H and O–H groups in total. The Hall–Kier alpha value is -3.13. The zero-order valence-electron chi connectivity index (χ0n) is 15.3. The molecule has 144 valence electrons. The number of carbonyl (C=O) groups is 1. The number of benzene rings is 1. The van der Waals surface area contributed by atoms with E-state index in [4.69, 9.17) is 14.2 Å². The largest absolute Gasteiger partial charge is 0.454 e. The summed E-state index contributed by atoms with van der Waals surface area (Å²) in [7, 11) is 0. The second-order valence-corrected chi connectivity index (χ2v) is 6.88. The van der Waals surface area contributed by atoms with Crippen LogP contribution in [-0.2, 0) is 22.6 Å². The lowest BCUT2D eigenvalue weighted by atomic mass is 10.2. The van der Waals surface area contributed by atoms with Crippen molar-refractivity contribution in [1.29, 1.82) is 0 Å². The first kappa shape index (κ1) is 17.0. The number of rotatable bonds is 3. The monoisotopic (exact) mass is 380 g/mol. The molecule has 0 radical (unpaired) electrons. The molecular weight excluding hydrogens is 360 g/mol. The zero-order valence-corrected chi connectivity index (χ0v) is 15.3. The number of morpholine rings is 1. The van der Waals surface area contributed by atoms with Gasteiger partial charge in [0.2, 0.25) is 18.6 Å². The summed E-state index contributed by atoms with van der Waals surface area (Å²) >= 11 is 0. The molecule has 1 saturated heterocycles. The van der Waals surface area contributed by atoms with Crippen LogP contribution in [0.15, 0.2) is 30.5 Å². The van der Waals surface area contributed by atoms with Crippen LogP contribution in [0.25, 0.3) is 6.08 Å². The number of hydrogen-bond donors (Lipinski definition) is 0. The summed E-state index contributed by atoms with van der Waals surface area (Å²) in [6.45, 7) is 4.23. The highest BCUT2D eigenvalue weighted by atomic mass is 16.7. The fourth-order valence-corrected chi connectivity index (χ4v) is 3.50. The van der Waals surface area contributed by atoms with Crippen LogP contribution in [0.4, 0.5) is 5.95 Å². The van der Waals surface area contributed by atoms with Crippen LogP contribution in [0, 0.1) is 0 Å². The molecular formula is C20H20N4O4. The quantitative estimate of drug-likeness (QED) is 0.749. The Morgan fingerprint density at radius 2 is 1.96 bits per heavy atom. The third-order valence-corrected chi connectivity index (χ3v) is 5.06. The van der Waals surface area contributed by atoms with E-state index < -0.39 is 0 Å². The Kier molecular flexibility index (Phi) is 4.32. The summed E-state index contributed by atoms with van der Waals surface area (Å²) in [4.78, 5) is 25.7. The summed E-state index contributed by atoms with van der Waals surface area (Å²) in [5, 5.41) is 0. The van der Waals surface area contributed by atoms with Crippen molar-refractivity contribution in [3.05, 3.63) is 47.3 Å². The molecule has 8 nitrogen and oxygen atoms in total. The lowest BCUT2D eigenvalue weighted by Gasteiger charge is -2.26. The highest BCUT2D eigenvalue weighted by molar-refractivity contribution is 5.92. The van der Waals surface area contributed by atoms with Crippen LogP contribution in [0.1, 0.15) is 16.8 Å². The summed E-state index contributed by atoms with van der Waals surface area (Å²) in [6, 6.07) is 5.61. The molecule has 0 atom stereocenters. The average molecular weight is 380 g/mol. The van der Waals surface area contributed by atoms with Crippen molar-refractivity contribution in [2.75, 3.05) is 38.0 Å². The third-order valence-electron chi connectivity index (χ3n) is 5.06. The first-order chi connectivity index (χ1) is 13.8. The number of ether oxygens (including phenoxy) is 3. The average Bonchev–Trinajstić information content (AvgIpc) is 3.38. The molecule has 8 heteroatoms. The fourth-order valence-electron chi connectivity index (χ4n) is 3.50. The predicted molar refractivity (Wildman–Crippen MR) is 101 cm³/mol. The molecule has 1 aromatic carbocycles. The predicted octanol–water partition coefficient (Wildman–Crippen LogP) is 1.60. The molecule has 0 spiro atoms. The highest BCUT2D eigenvalue weighted by Crippen LogP contribution is 2.33. The topological polar surface area (TPSA) is 77.0 Å². The Morgan fingerprint density at radius 3 is 2.86 bits per heavy atom. The molecule has 0 bridgehead atoms. The van der Waals surface area contributed by atoms with E-state index in [9.17, 15) is 4.79 Å². The Bertz CT molecular complexity index is 940. The van der Waals surface area contributed by atoms with E-state index in [-0.39, 0.29) is 12.7 Å². The lowest BCUT2D eigenvalue weighted by molar-refractivity contribution is -0.126. The second-order valence-electron chi connectivity index (χ2n) is 6.88. The van der Waals surface area contributed by atoms with Crippen LogP contribution in [0.5, 0.6) is 11.5 Å². The first-order valence-corrected chi connectivity index (χ1v) is 9.30. The van der Waals surface area contributed by atoms with Gasteiger partial charge >= 0.3 is 0 Å². The van der Waals surface area contributed by atoms with Gasteiger partial charge in [-0.3, -0.25) is 4.79 Å². The van der Waals surface area contributed by atoms with Gasteiger partial charge < -0.3 is 24.0 Å². The molecule has 3 aliphatic rings. The van der Waals surface area contributed by atoms with E-state index in [1.54, 1.807) is 17.1 Å². The van der Waals surface area contributed by atoms with Crippen LogP contribution < -0.4 is 14.4 Å². The van der Waals surface area contributed by atoms with Crippen LogP contribution in [0.3, 0.4) is 0 Å². The normalized spacial score (nSPS) is 18.0. The van der Waals surface area contributed by atoms with Crippen molar-refractivity contribution in [2.24, 2.45) is 0 Å². The molecule has 1 aromatic heterocycles. The van der Waals surface area contributed by atoms with Crippen LogP contribution in [0.2, 0.25) is 0 Å². The van der Waals surface area contributed by atoms with E-state index in [0.717, 1.165) is 35.7 Å². The molecule has 28 heavy (non-hydrogen) atoms. The maximum absolute atomic E-state index is 12.6. The SMILES string of the molecule is O=C(/C=C/c1ccc2c(c1)OCO2)N1Cc2cnc(N3CCOCC3)nc2C1. The van der Waals surface area contributed by atoms with Crippen molar-refractivity contribution in [1.82, 2.24) is 14.9 Å². The van der Waals surface area contributed by atoms with E-state index in [2.05, 4.69) is 14.9 Å². The third kappa shape index (κ3) is 3.27. The summed E-state index contributed by atoms with van der Waals surface area (Å²) in [5.74, 6) is 2.10. The Balaban J connectivity index is 1.26. The maximum atomic E-state index is 12.6. The van der Waals surface area contributed by atoms with Gasteiger partial charge in [0.05, 0.1) is 25.5 Å². The van der Waals surface area contributed by atoms with Crippen molar-refractivity contribution >= 4 is 17.9 Å². The minimum Gasteiger partial charge on any atom is -0.454 e. The molecule has 2 aromatic rings. The molecule has 0 aliphatic carbocycles. The maximum Gasteiger partial charge on any atom is 0.247 e. The Labute approximate surface area is 162 Å². The minimum absolute atomic E-state index is 0.0522. The number of hydrogen-bond acceptors (Lipinski definition) is 7. The van der Waals surface area contributed by atoms with Gasteiger partial charge in [-0.25, -0.2) is 9.97 Å². The fraction of sp³-hybridized carbons (Fsp3) is 0.350. The van der Waals surface area contributed by atoms with Crippen LogP contribution in [-0.4, -0.2) is 53.9 Å². The van der Waals surface area contributed by atoms with Gasteiger partial charge in [0.15, 0.2) is 11.5 Å².